The SMILES string of the molecule is Cl.Cl.Cl.Cl.NCC1O[C@H](OC2[C@H](O)C(O)[C@H](N)C[C@@H]2N)[C@@H](N)C(O)[C@@H]1O. The van der Waals surface area contributed by atoms with E-state index in [9.17, 15) is 20.4 Å². The van der Waals surface area contributed by atoms with E-state index in [-0.39, 0.29) is 62.6 Å². The first-order valence-electron chi connectivity index (χ1n) is 7.28. The molecular weight excluding hydrogens is 438 g/mol. The fraction of sp³-hybridized carbons (Fsp3) is 1.00. The molecule has 1 saturated heterocycles. The highest BCUT2D eigenvalue weighted by Gasteiger charge is 2.47. The summed E-state index contributed by atoms with van der Waals surface area (Å²) in [6, 6.07) is -2.34. The quantitative estimate of drug-likeness (QED) is 0.206. The first-order chi connectivity index (χ1) is 10.3. The Morgan fingerprint density at radius 1 is 0.808 bits per heavy atom. The van der Waals surface area contributed by atoms with Gasteiger partial charge in [0, 0.05) is 18.6 Å². The van der Waals surface area contributed by atoms with Gasteiger partial charge in [0.1, 0.15) is 30.5 Å². The minimum atomic E-state index is -1.31. The monoisotopic (exact) mass is 466 g/mol. The van der Waals surface area contributed by atoms with Gasteiger partial charge in [-0.3, -0.25) is 0 Å². The molecule has 12 N–H and O–H groups in total. The van der Waals surface area contributed by atoms with Crippen LogP contribution in [0.1, 0.15) is 6.42 Å². The molecule has 0 radical (unpaired) electrons. The highest BCUT2D eigenvalue weighted by Crippen LogP contribution is 2.26. The summed E-state index contributed by atoms with van der Waals surface area (Å²) in [6.45, 7) is -0.0441. The van der Waals surface area contributed by atoms with Crippen molar-refractivity contribution in [3.63, 3.8) is 0 Å². The van der Waals surface area contributed by atoms with Gasteiger partial charge in [0.15, 0.2) is 6.29 Å². The maximum Gasteiger partial charge on any atom is 0.176 e. The third kappa shape index (κ3) is 6.39. The van der Waals surface area contributed by atoms with Crippen molar-refractivity contribution in [1.82, 2.24) is 0 Å². The van der Waals surface area contributed by atoms with E-state index in [0.717, 1.165) is 0 Å². The zero-order chi connectivity index (χ0) is 16.6. The highest BCUT2D eigenvalue weighted by atomic mass is 35.5. The van der Waals surface area contributed by atoms with E-state index in [4.69, 9.17) is 32.4 Å². The van der Waals surface area contributed by atoms with E-state index < -0.39 is 61.0 Å². The molecule has 14 heteroatoms. The molecule has 2 fully saturated rings. The van der Waals surface area contributed by atoms with Crippen LogP contribution in [0.2, 0.25) is 0 Å². The van der Waals surface area contributed by atoms with Crippen LogP contribution in [0.5, 0.6) is 0 Å². The van der Waals surface area contributed by atoms with Crippen LogP contribution in [0, 0.1) is 0 Å². The summed E-state index contributed by atoms with van der Waals surface area (Å²) in [7, 11) is 0. The molecule has 0 amide bonds. The predicted molar refractivity (Wildman–Crippen MR) is 104 cm³/mol. The van der Waals surface area contributed by atoms with Crippen molar-refractivity contribution in [3.05, 3.63) is 0 Å². The lowest BCUT2D eigenvalue weighted by Crippen LogP contribution is -2.67. The number of ether oxygens (including phenoxy) is 2. The molecule has 0 aromatic heterocycles. The Hall–Kier alpha value is 0.760. The Bertz CT molecular complexity index is 392. The summed E-state index contributed by atoms with van der Waals surface area (Å²) in [6.07, 6.45) is -7.73. The zero-order valence-corrected chi connectivity index (χ0v) is 17.0. The highest BCUT2D eigenvalue weighted by molar-refractivity contribution is 5.86. The van der Waals surface area contributed by atoms with Gasteiger partial charge in [-0.25, -0.2) is 0 Å². The maximum absolute atomic E-state index is 10.1. The first kappa shape index (κ1) is 31.5. The lowest BCUT2D eigenvalue weighted by Gasteiger charge is -2.45. The number of aliphatic hydroxyl groups excluding tert-OH is 4. The fourth-order valence-electron chi connectivity index (χ4n) is 2.89. The Morgan fingerprint density at radius 2 is 1.35 bits per heavy atom. The molecule has 0 bridgehead atoms. The molecule has 2 aliphatic rings. The Morgan fingerprint density at radius 3 is 1.85 bits per heavy atom. The average molecular weight is 468 g/mol. The van der Waals surface area contributed by atoms with Gasteiger partial charge in [0.25, 0.3) is 0 Å². The summed E-state index contributed by atoms with van der Waals surface area (Å²) < 4.78 is 11.0. The van der Waals surface area contributed by atoms with E-state index in [2.05, 4.69) is 0 Å². The molecule has 26 heavy (non-hydrogen) atoms. The Balaban J connectivity index is -0.00000132. The summed E-state index contributed by atoms with van der Waals surface area (Å²) in [4.78, 5) is 0. The predicted octanol–water partition coefficient (Wildman–Crippen LogP) is -3.43. The van der Waals surface area contributed by atoms with Gasteiger partial charge < -0.3 is 52.8 Å². The molecule has 0 aromatic rings. The molecule has 2 rings (SSSR count). The Kier molecular flexibility index (Phi) is 15.8. The molecule has 4 unspecified atom stereocenters. The van der Waals surface area contributed by atoms with E-state index in [1.807, 2.05) is 0 Å². The molecule has 10 nitrogen and oxygen atoms in total. The summed E-state index contributed by atoms with van der Waals surface area (Å²) in [5, 5.41) is 39.6. The standard InChI is InChI=1S/C12H26N4O6.4ClH/c13-2-5-8(18)9(19)6(16)12(21-5)22-11-4(15)1-3(14)7(17)10(11)20;;;;/h3-12,17-20H,1-2,13-16H2;4*1H/t3-,4+,5?,6+,7?,8-,9?,10-,11?,12-;;;;/m1..../s1. The molecule has 0 aromatic carbocycles. The van der Waals surface area contributed by atoms with Crippen LogP contribution in [0.15, 0.2) is 0 Å². The first-order valence-corrected chi connectivity index (χ1v) is 7.28. The summed E-state index contributed by atoms with van der Waals surface area (Å²) in [5.41, 5.74) is 22.8. The molecular formula is C12H30Cl4N4O6. The normalized spacial score (nSPS) is 45.2. The number of nitrogens with two attached hydrogens (primary N) is 4. The minimum absolute atomic E-state index is 0. The van der Waals surface area contributed by atoms with Crippen molar-refractivity contribution in [2.45, 2.75) is 67.5 Å². The lowest BCUT2D eigenvalue weighted by atomic mass is 9.84. The number of hydrogen-bond donors (Lipinski definition) is 8. The van der Waals surface area contributed by atoms with Crippen LogP contribution in [0.25, 0.3) is 0 Å². The van der Waals surface area contributed by atoms with E-state index in [1.165, 1.54) is 0 Å². The second-order valence-electron chi connectivity index (χ2n) is 5.98. The Labute approximate surface area is 176 Å². The van der Waals surface area contributed by atoms with Gasteiger partial charge in [-0.2, -0.15) is 0 Å². The van der Waals surface area contributed by atoms with E-state index in [0.29, 0.717) is 0 Å². The van der Waals surface area contributed by atoms with Gasteiger partial charge >= 0.3 is 0 Å². The van der Waals surface area contributed by atoms with Crippen LogP contribution in [0.3, 0.4) is 0 Å². The van der Waals surface area contributed by atoms with Crippen LogP contribution in [0.4, 0.5) is 0 Å². The van der Waals surface area contributed by atoms with Crippen LogP contribution in [-0.2, 0) is 9.47 Å². The van der Waals surface area contributed by atoms with E-state index in [1.54, 1.807) is 0 Å². The summed E-state index contributed by atoms with van der Waals surface area (Å²) >= 11 is 0. The lowest BCUT2D eigenvalue weighted by molar-refractivity contribution is -0.287. The number of aliphatic hydroxyl groups is 4. The van der Waals surface area contributed by atoms with Crippen molar-refractivity contribution in [2.75, 3.05) is 6.54 Å². The molecule has 1 heterocycles. The number of rotatable bonds is 3. The van der Waals surface area contributed by atoms with Crippen LogP contribution in [-0.4, -0.2) is 88.0 Å². The summed E-state index contributed by atoms with van der Waals surface area (Å²) in [5.74, 6) is 0. The van der Waals surface area contributed by atoms with Gasteiger partial charge in [-0.1, -0.05) is 0 Å². The topological polar surface area (TPSA) is 203 Å². The molecule has 10 atom stereocenters. The third-order valence-electron chi connectivity index (χ3n) is 4.36. The smallest absolute Gasteiger partial charge is 0.176 e. The van der Waals surface area contributed by atoms with Crippen LogP contribution < -0.4 is 22.9 Å². The third-order valence-corrected chi connectivity index (χ3v) is 4.36. The minimum Gasteiger partial charge on any atom is -0.389 e. The van der Waals surface area contributed by atoms with Gasteiger partial charge in [0.05, 0.1) is 12.1 Å². The van der Waals surface area contributed by atoms with Gasteiger partial charge in [-0.05, 0) is 6.42 Å². The second-order valence-corrected chi connectivity index (χ2v) is 5.98. The number of hydrogen-bond acceptors (Lipinski definition) is 10. The van der Waals surface area contributed by atoms with Gasteiger partial charge in [-0.15, -0.1) is 49.6 Å². The maximum atomic E-state index is 10.1. The molecule has 0 spiro atoms. The van der Waals surface area contributed by atoms with Crippen molar-refractivity contribution < 1.29 is 29.9 Å². The molecule has 1 aliphatic heterocycles. The molecule has 1 aliphatic carbocycles. The van der Waals surface area contributed by atoms with E-state index >= 15 is 0 Å². The molecule has 1 saturated carbocycles. The fourth-order valence-corrected chi connectivity index (χ4v) is 2.89. The average Bonchev–Trinajstić information content (AvgIpc) is 2.49. The molecule has 162 valence electrons. The van der Waals surface area contributed by atoms with Crippen molar-refractivity contribution in [3.8, 4) is 0 Å². The van der Waals surface area contributed by atoms with Crippen molar-refractivity contribution >= 4 is 49.6 Å². The van der Waals surface area contributed by atoms with Crippen LogP contribution >= 0.6 is 49.6 Å². The second kappa shape index (κ2) is 13.1. The largest absolute Gasteiger partial charge is 0.389 e. The number of halogens is 4. The zero-order valence-electron chi connectivity index (χ0n) is 13.7. The van der Waals surface area contributed by atoms with Crippen molar-refractivity contribution in [2.24, 2.45) is 22.9 Å². The van der Waals surface area contributed by atoms with Gasteiger partial charge in [0.2, 0.25) is 0 Å². The van der Waals surface area contributed by atoms with Crippen molar-refractivity contribution in [1.29, 1.82) is 0 Å².